The van der Waals surface area contributed by atoms with Crippen LogP contribution in [0.2, 0.25) is 0 Å². The van der Waals surface area contributed by atoms with Crippen LogP contribution in [0.3, 0.4) is 0 Å². The first kappa shape index (κ1) is 22.4. The third-order valence-electron chi connectivity index (χ3n) is 4.26. The van der Waals surface area contributed by atoms with Gasteiger partial charge in [-0.3, -0.25) is 4.79 Å². The van der Waals surface area contributed by atoms with Gasteiger partial charge in [-0.1, -0.05) is 37.7 Å². The van der Waals surface area contributed by atoms with Gasteiger partial charge in [0.15, 0.2) is 11.0 Å². The lowest BCUT2D eigenvalue weighted by Gasteiger charge is -2.13. The molecule has 2 aromatic heterocycles. The van der Waals surface area contributed by atoms with Crippen molar-refractivity contribution < 1.29 is 18.0 Å². The van der Waals surface area contributed by atoms with Crippen LogP contribution in [0.1, 0.15) is 30.7 Å². The molecule has 0 atom stereocenters. The van der Waals surface area contributed by atoms with Crippen LogP contribution in [0.15, 0.2) is 40.9 Å². The number of alkyl halides is 3. The summed E-state index contributed by atoms with van der Waals surface area (Å²) in [5, 5.41) is 13.4. The fourth-order valence-electron chi connectivity index (χ4n) is 2.87. The Labute approximate surface area is 180 Å². The number of hydrogen-bond acceptors (Lipinski definition) is 5. The number of thiophene rings is 1. The maximum Gasteiger partial charge on any atom is 0.418 e. The van der Waals surface area contributed by atoms with E-state index in [1.165, 1.54) is 23.1 Å². The highest BCUT2D eigenvalue weighted by Gasteiger charge is 2.33. The minimum atomic E-state index is -4.54. The molecule has 0 aliphatic heterocycles. The maximum absolute atomic E-state index is 13.1. The zero-order chi connectivity index (χ0) is 21.7. The molecule has 5 nitrogen and oxygen atoms in total. The second-order valence-corrected chi connectivity index (χ2v) is 8.43. The normalized spacial score (nSPS) is 11.6. The standard InChI is InChI=1S/C20H21F3N4OS2/c1-3-9-27-18(13-10-14(4-2)29-11-13)25-26-19(27)30-12-17(28)24-16-8-6-5-7-15(16)20(21,22)23/h5-8,10-11H,3-4,9,12H2,1-2H3,(H,24,28). The number of anilines is 1. The van der Waals surface area contributed by atoms with Crippen molar-refractivity contribution in [3.63, 3.8) is 0 Å². The number of halogens is 3. The first-order valence-corrected chi connectivity index (χ1v) is 11.3. The molecular formula is C20H21F3N4OS2. The highest BCUT2D eigenvalue weighted by Crippen LogP contribution is 2.35. The van der Waals surface area contributed by atoms with Crippen LogP contribution < -0.4 is 5.32 Å². The summed E-state index contributed by atoms with van der Waals surface area (Å²) in [6.07, 6.45) is -2.74. The fraction of sp³-hybridized carbons (Fsp3) is 0.350. The highest BCUT2D eigenvalue weighted by atomic mass is 32.2. The first-order chi connectivity index (χ1) is 14.3. The number of para-hydroxylation sites is 1. The molecule has 3 rings (SSSR count). The van der Waals surface area contributed by atoms with E-state index in [-0.39, 0.29) is 11.4 Å². The van der Waals surface area contributed by atoms with Gasteiger partial charge in [-0.15, -0.1) is 21.5 Å². The molecule has 0 saturated carbocycles. The van der Waals surface area contributed by atoms with Crippen molar-refractivity contribution in [3.8, 4) is 11.4 Å². The average molecular weight is 455 g/mol. The average Bonchev–Trinajstić information content (AvgIpc) is 3.33. The largest absolute Gasteiger partial charge is 0.418 e. The summed E-state index contributed by atoms with van der Waals surface area (Å²) in [5.74, 6) is 0.129. The molecule has 0 radical (unpaired) electrons. The Morgan fingerprint density at radius 2 is 2.00 bits per heavy atom. The van der Waals surface area contributed by atoms with Crippen LogP contribution in [-0.2, 0) is 23.9 Å². The number of nitrogens with zero attached hydrogens (tertiary/aromatic N) is 3. The number of thioether (sulfide) groups is 1. The Kier molecular flexibility index (Phi) is 7.19. The molecule has 3 aromatic rings. The predicted octanol–water partition coefficient (Wildman–Crippen LogP) is 5.73. The highest BCUT2D eigenvalue weighted by molar-refractivity contribution is 7.99. The summed E-state index contributed by atoms with van der Waals surface area (Å²) < 4.78 is 41.3. The summed E-state index contributed by atoms with van der Waals surface area (Å²) in [6, 6.07) is 7.00. The Balaban J connectivity index is 1.72. The van der Waals surface area contributed by atoms with E-state index in [4.69, 9.17) is 0 Å². The number of benzene rings is 1. The summed E-state index contributed by atoms with van der Waals surface area (Å²) in [5.41, 5.74) is -0.145. The molecule has 0 saturated heterocycles. The lowest BCUT2D eigenvalue weighted by molar-refractivity contribution is -0.137. The number of hydrogen-bond donors (Lipinski definition) is 1. The van der Waals surface area contributed by atoms with Gasteiger partial charge in [0, 0.05) is 22.4 Å². The van der Waals surface area contributed by atoms with Gasteiger partial charge in [-0.05, 0) is 31.0 Å². The molecule has 0 bridgehead atoms. The van der Waals surface area contributed by atoms with Crippen LogP contribution >= 0.6 is 23.1 Å². The molecule has 0 aliphatic carbocycles. The van der Waals surface area contributed by atoms with Gasteiger partial charge in [0.05, 0.1) is 17.0 Å². The molecule has 160 valence electrons. The topological polar surface area (TPSA) is 59.8 Å². The van der Waals surface area contributed by atoms with Crippen LogP contribution in [0.25, 0.3) is 11.4 Å². The molecule has 1 amide bonds. The SMILES string of the molecule is CCCn1c(SCC(=O)Nc2ccccc2C(F)(F)F)nnc1-c1csc(CC)c1. The van der Waals surface area contributed by atoms with Gasteiger partial charge in [0.25, 0.3) is 0 Å². The van der Waals surface area contributed by atoms with Crippen molar-refractivity contribution in [2.24, 2.45) is 0 Å². The predicted molar refractivity (Wildman–Crippen MR) is 114 cm³/mol. The number of carbonyl (C=O) groups excluding carboxylic acids is 1. The van der Waals surface area contributed by atoms with Crippen molar-refractivity contribution in [1.29, 1.82) is 0 Å². The van der Waals surface area contributed by atoms with E-state index in [1.54, 1.807) is 11.3 Å². The molecule has 0 aliphatic rings. The minimum absolute atomic E-state index is 0.0715. The number of nitrogens with one attached hydrogen (secondary N) is 1. The molecule has 30 heavy (non-hydrogen) atoms. The Morgan fingerprint density at radius 3 is 2.67 bits per heavy atom. The third kappa shape index (κ3) is 5.23. The zero-order valence-corrected chi connectivity index (χ0v) is 18.1. The molecular weight excluding hydrogens is 433 g/mol. The second-order valence-electron chi connectivity index (χ2n) is 6.49. The van der Waals surface area contributed by atoms with Crippen molar-refractivity contribution in [1.82, 2.24) is 14.8 Å². The smallest absolute Gasteiger partial charge is 0.325 e. The fourth-order valence-corrected chi connectivity index (χ4v) is 4.45. The van der Waals surface area contributed by atoms with Gasteiger partial charge in [0.1, 0.15) is 0 Å². The van der Waals surface area contributed by atoms with Crippen molar-refractivity contribution >= 4 is 34.7 Å². The van der Waals surface area contributed by atoms with E-state index in [1.807, 2.05) is 16.9 Å². The number of aryl methyl sites for hydroxylation is 1. The van der Waals surface area contributed by atoms with E-state index in [0.717, 1.165) is 42.1 Å². The second kappa shape index (κ2) is 9.65. The molecule has 0 fully saturated rings. The molecule has 10 heteroatoms. The molecule has 0 unspecified atom stereocenters. The van der Waals surface area contributed by atoms with Gasteiger partial charge in [0.2, 0.25) is 5.91 Å². The third-order valence-corrected chi connectivity index (χ3v) is 6.31. The van der Waals surface area contributed by atoms with E-state index in [9.17, 15) is 18.0 Å². The zero-order valence-electron chi connectivity index (χ0n) is 16.5. The summed E-state index contributed by atoms with van der Waals surface area (Å²) in [7, 11) is 0. The Bertz CT molecular complexity index is 1010. The van der Waals surface area contributed by atoms with Gasteiger partial charge >= 0.3 is 6.18 Å². The van der Waals surface area contributed by atoms with Crippen LogP contribution in [0, 0.1) is 0 Å². The Hall–Kier alpha value is -2.33. The van der Waals surface area contributed by atoms with Gasteiger partial charge in [-0.25, -0.2) is 0 Å². The number of amides is 1. The molecule has 2 heterocycles. The van der Waals surface area contributed by atoms with Crippen LogP contribution in [0.5, 0.6) is 0 Å². The minimum Gasteiger partial charge on any atom is -0.325 e. The van der Waals surface area contributed by atoms with Gasteiger partial charge in [-0.2, -0.15) is 13.2 Å². The number of carbonyl (C=O) groups is 1. The monoisotopic (exact) mass is 454 g/mol. The lowest BCUT2D eigenvalue weighted by Crippen LogP contribution is -2.18. The van der Waals surface area contributed by atoms with Crippen molar-refractivity contribution in [3.05, 3.63) is 46.2 Å². The summed E-state index contributed by atoms with van der Waals surface area (Å²) in [4.78, 5) is 13.5. The van der Waals surface area contributed by atoms with Crippen molar-refractivity contribution in [2.45, 2.75) is 44.6 Å². The van der Waals surface area contributed by atoms with E-state index >= 15 is 0 Å². The molecule has 1 N–H and O–H groups in total. The van der Waals surface area contributed by atoms with E-state index in [2.05, 4.69) is 28.5 Å². The maximum atomic E-state index is 13.1. The number of aromatic nitrogens is 3. The van der Waals surface area contributed by atoms with E-state index in [0.29, 0.717) is 11.7 Å². The quantitative estimate of drug-likeness (QED) is 0.442. The lowest BCUT2D eigenvalue weighted by atomic mass is 10.1. The molecule has 0 spiro atoms. The summed E-state index contributed by atoms with van der Waals surface area (Å²) >= 11 is 2.81. The summed E-state index contributed by atoms with van der Waals surface area (Å²) in [6.45, 7) is 4.80. The van der Waals surface area contributed by atoms with Gasteiger partial charge < -0.3 is 9.88 Å². The van der Waals surface area contributed by atoms with Crippen LogP contribution in [0.4, 0.5) is 18.9 Å². The number of rotatable bonds is 8. The van der Waals surface area contributed by atoms with Crippen molar-refractivity contribution in [2.75, 3.05) is 11.1 Å². The van der Waals surface area contributed by atoms with Crippen LogP contribution in [-0.4, -0.2) is 26.4 Å². The first-order valence-electron chi connectivity index (χ1n) is 9.43. The Morgan fingerprint density at radius 1 is 1.23 bits per heavy atom. The molecule has 1 aromatic carbocycles. The van der Waals surface area contributed by atoms with E-state index < -0.39 is 17.6 Å².